The highest BCUT2D eigenvalue weighted by atomic mass is 35.5. The summed E-state index contributed by atoms with van der Waals surface area (Å²) in [6.07, 6.45) is 6.57. The highest BCUT2D eigenvalue weighted by Gasteiger charge is 2.50. The number of Topliss-reactive ketones (excluding diaryl/α,β-unsaturated/α-hetero) is 1. The second-order valence-corrected chi connectivity index (χ2v) is 7.21. The summed E-state index contributed by atoms with van der Waals surface area (Å²) >= 11 is 6.21. The molecule has 5 rings (SSSR count). The van der Waals surface area contributed by atoms with E-state index in [0.29, 0.717) is 22.6 Å². The van der Waals surface area contributed by atoms with Gasteiger partial charge in [0.25, 0.3) is 0 Å². The molecular weight excluding hydrogens is 256 g/mol. The van der Waals surface area contributed by atoms with Crippen molar-refractivity contribution in [1.29, 1.82) is 0 Å². The Kier molecular flexibility index (Phi) is 2.73. The lowest BCUT2D eigenvalue weighted by Crippen LogP contribution is -2.48. The van der Waals surface area contributed by atoms with Crippen molar-refractivity contribution in [2.45, 2.75) is 32.1 Å². The van der Waals surface area contributed by atoms with Gasteiger partial charge in [-0.3, -0.25) is 4.79 Å². The number of benzene rings is 1. The molecular formula is C17H19ClO. The van der Waals surface area contributed by atoms with Crippen LogP contribution < -0.4 is 0 Å². The van der Waals surface area contributed by atoms with Gasteiger partial charge in [-0.15, -0.1) is 0 Å². The van der Waals surface area contributed by atoms with Crippen LogP contribution in [0.5, 0.6) is 0 Å². The van der Waals surface area contributed by atoms with Crippen molar-refractivity contribution in [2.75, 3.05) is 0 Å². The minimum absolute atomic E-state index is 0.257. The molecule has 0 atom stereocenters. The lowest BCUT2D eigenvalue weighted by atomic mass is 9.51. The topological polar surface area (TPSA) is 17.1 Å². The van der Waals surface area contributed by atoms with Crippen molar-refractivity contribution in [3.8, 4) is 0 Å². The standard InChI is InChI=1S/C17H19ClO/c18-15-4-2-1-3-14(15)17(19)16-12-6-10-5-11(8-12)9-13(16)7-10/h1-4,10-13,16H,5-9H2. The van der Waals surface area contributed by atoms with E-state index in [1.165, 1.54) is 32.1 Å². The predicted molar refractivity (Wildman–Crippen MR) is 76.3 cm³/mol. The van der Waals surface area contributed by atoms with Gasteiger partial charge in [-0.25, -0.2) is 0 Å². The number of ketones is 1. The molecule has 1 nitrogen and oxygen atoms in total. The number of rotatable bonds is 2. The van der Waals surface area contributed by atoms with Gasteiger partial charge in [-0.2, -0.15) is 0 Å². The molecule has 0 saturated heterocycles. The van der Waals surface area contributed by atoms with Crippen molar-refractivity contribution >= 4 is 17.4 Å². The van der Waals surface area contributed by atoms with E-state index in [0.717, 1.165) is 17.4 Å². The van der Waals surface area contributed by atoms with Gasteiger partial charge in [0.05, 0.1) is 5.02 Å². The Hall–Kier alpha value is -0.820. The van der Waals surface area contributed by atoms with Gasteiger partial charge in [0.2, 0.25) is 0 Å². The SMILES string of the molecule is O=C(c1ccccc1Cl)C1C2CC3CC(C2)CC1C3. The summed E-state index contributed by atoms with van der Waals surface area (Å²) in [5.41, 5.74) is 0.752. The van der Waals surface area contributed by atoms with Crippen LogP contribution in [0.4, 0.5) is 0 Å². The third-order valence-electron chi connectivity index (χ3n) is 5.67. The molecule has 0 aliphatic heterocycles. The third kappa shape index (κ3) is 1.86. The summed E-state index contributed by atoms with van der Waals surface area (Å²) in [5.74, 6) is 3.68. The van der Waals surface area contributed by atoms with Gasteiger partial charge in [-0.1, -0.05) is 23.7 Å². The highest BCUT2D eigenvalue weighted by Crippen LogP contribution is 2.57. The van der Waals surface area contributed by atoms with Crippen LogP contribution in [0.15, 0.2) is 24.3 Å². The van der Waals surface area contributed by atoms with Crippen molar-refractivity contribution in [2.24, 2.45) is 29.6 Å². The Balaban J connectivity index is 1.66. The van der Waals surface area contributed by atoms with E-state index in [1.54, 1.807) is 0 Å². The minimum atomic E-state index is 0.257. The Morgan fingerprint density at radius 3 is 2.11 bits per heavy atom. The molecule has 0 aromatic heterocycles. The van der Waals surface area contributed by atoms with Crippen LogP contribution in [0.2, 0.25) is 5.02 Å². The third-order valence-corrected chi connectivity index (χ3v) is 6.00. The normalized spacial score (nSPS) is 39.5. The average molecular weight is 275 g/mol. The summed E-state index contributed by atoms with van der Waals surface area (Å²) in [5, 5.41) is 0.626. The average Bonchev–Trinajstić information content (AvgIpc) is 2.37. The number of hydrogen-bond acceptors (Lipinski definition) is 1. The maximum Gasteiger partial charge on any atom is 0.167 e. The van der Waals surface area contributed by atoms with Crippen LogP contribution in [0, 0.1) is 29.6 Å². The zero-order valence-electron chi connectivity index (χ0n) is 11.0. The number of carbonyl (C=O) groups excluding carboxylic acids is 1. The Bertz CT molecular complexity index is 494. The number of hydrogen-bond donors (Lipinski definition) is 0. The second kappa shape index (κ2) is 4.34. The fourth-order valence-corrected chi connectivity index (χ4v) is 5.42. The first-order valence-corrected chi connectivity index (χ1v) is 7.89. The molecule has 0 unspecified atom stereocenters. The maximum absolute atomic E-state index is 12.9. The summed E-state index contributed by atoms with van der Waals surface area (Å²) in [6, 6.07) is 7.56. The lowest BCUT2D eigenvalue weighted by molar-refractivity contribution is -0.0251. The molecule has 0 radical (unpaired) electrons. The molecule has 4 aliphatic rings. The molecule has 0 heterocycles. The summed E-state index contributed by atoms with van der Waals surface area (Å²) in [4.78, 5) is 12.9. The van der Waals surface area contributed by atoms with Crippen LogP contribution in [0.1, 0.15) is 42.5 Å². The van der Waals surface area contributed by atoms with Crippen LogP contribution in [0.25, 0.3) is 0 Å². The summed E-state index contributed by atoms with van der Waals surface area (Å²) < 4.78 is 0. The highest BCUT2D eigenvalue weighted by molar-refractivity contribution is 6.34. The van der Waals surface area contributed by atoms with Crippen molar-refractivity contribution in [1.82, 2.24) is 0 Å². The van der Waals surface area contributed by atoms with E-state index >= 15 is 0 Å². The van der Waals surface area contributed by atoms with Gasteiger partial charge in [-0.05, 0) is 67.9 Å². The van der Waals surface area contributed by atoms with E-state index in [9.17, 15) is 4.79 Å². The van der Waals surface area contributed by atoms with Crippen LogP contribution >= 0.6 is 11.6 Å². The van der Waals surface area contributed by atoms with Gasteiger partial charge >= 0.3 is 0 Å². The van der Waals surface area contributed by atoms with Crippen molar-refractivity contribution in [3.63, 3.8) is 0 Å². The van der Waals surface area contributed by atoms with Gasteiger partial charge < -0.3 is 0 Å². The molecule has 4 fully saturated rings. The molecule has 0 N–H and O–H groups in total. The van der Waals surface area contributed by atoms with Gasteiger partial charge in [0, 0.05) is 11.5 Å². The van der Waals surface area contributed by atoms with Crippen molar-refractivity contribution < 1.29 is 4.79 Å². The van der Waals surface area contributed by atoms with E-state index < -0.39 is 0 Å². The molecule has 4 bridgehead atoms. The van der Waals surface area contributed by atoms with Gasteiger partial charge in [0.15, 0.2) is 5.78 Å². The van der Waals surface area contributed by atoms with Gasteiger partial charge in [0.1, 0.15) is 0 Å². The molecule has 2 heteroatoms. The minimum Gasteiger partial charge on any atom is -0.294 e. The van der Waals surface area contributed by atoms with Crippen LogP contribution in [-0.2, 0) is 0 Å². The maximum atomic E-state index is 12.9. The fourth-order valence-electron chi connectivity index (χ4n) is 5.19. The van der Waals surface area contributed by atoms with Crippen molar-refractivity contribution in [3.05, 3.63) is 34.9 Å². The van der Waals surface area contributed by atoms with Crippen LogP contribution in [0.3, 0.4) is 0 Å². The first-order chi connectivity index (χ1) is 9.22. The molecule has 1 aromatic carbocycles. The predicted octanol–water partition coefficient (Wildman–Crippen LogP) is 4.60. The second-order valence-electron chi connectivity index (χ2n) is 6.80. The quantitative estimate of drug-likeness (QED) is 0.721. The van der Waals surface area contributed by atoms with E-state index in [-0.39, 0.29) is 5.92 Å². The Morgan fingerprint density at radius 1 is 0.947 bits per heavy atom. The fraction of sp³-hybridized carbons (Fsp3) is 0.588. The molecule has 0 amide bonds. The first kappa shape index (κ1) is 12.0. The van der Waals surface area contributed by atoms with E-state index in [4.69, 9.17) is 11.6 Å². The smallest absolute Gasteiger partial charge is 0.167 e. The molecule has 0 spiro atoms. The largest absolute Gasteiger partial charge is 0.294 e. The molecule has 1 aromatic rings. The lowest BCUT2D eigenvalue weighted by Gasteiger charge is -2.53. The van der Waals surface area contributed by atoms with E-state index in [1.807, 2.05) is 24.3 Å². The number of halogens is 1. The molecule has 19 heavy (non-hydrogen) atoms. The zero-order chi connectivity index (χ0) is 13.0. The zero-order valence-corrected chi connectivity index (χ0v) is 11.8. The molecule has 4 saturated carbocycles. The summed E-state index contributed by atoms with van der Waals surface area (Å²) in [7, 11) is 0. The number of carbonyl (C=O) groups is 1. The first-order valence-electron chi connectivity index (χ1n) is 7.51. The monoisotopic (exact) mass is 274 g/mol. The Morgan fingerprint density at radius 2 is 1.53 bits per heavy atom. The van der Waals surface area contributed by atoms with Crippen LogP contribution in [-0.4, -0.2) is 5.78 Å². The Labute approximate surface area is 119 Å². The van der Waals surface area contributed by atoms with E-state index in [2.05, 4.69) is 0 Å². The molecule has 100 valence electrons. The summed E-state index contributed by atoms with van der Waals surface area (Å²) in [6.45, 7) is 0. The molecule has 4 aliphatic carbocycles.